The number of carbonyl (C=O) groups excluding carboxylic acids is 2. The second kappa shape index (κ2) is 7.50. The molecule has 3 amide bonds. The minimum Gasteiger partial charge on any atom is -0.318 e. The number of hydrogen-bond acceptors (Lipinski definition) is 2. The fourth-order valence-corrected chi connectivity index (χ4v) is 4.05. The predicted molar refractivity (Wildman–Crippen MR) is 120 cm³/mol. The SMILES string of the molecule is Cc1cc(C)cc(-n2c(C)cc(/C=C3/NC(=O)N(c4ccc(Cl)cc4)C3=O)c2C)c1. The lowest BCUT2D eigenvalue weighted by atomic mass is 10.1. The van der Waals surface area contributed by atoms with Gasteiger partial charge in [-0.05, 0) is 92.9 Å². The molecule has 6 heteroatoms. The van der Waals surface area contributed by atoms with Gasteiger partial charge in [-0.25, -0.2) is 9.69 Å². The van der Waals surface area contributed by atoms with E-state index in [1.54, 1.807) is 30.3 Å². The van der Waals surface area contributed by atoms with Crippen LogP contribution in [0.25, 0.3) is 11.8 Å². The van der Waals surface area contributed by atoms with E-state index in [0.717, 1.165) is 27.5 Å². The Hall–Kier alpha value is -3.31. The van der Waals surface area contributed by atoms with E-state index in [1.807, 2.05) is 19.9 Å². The number of imide groups is 1. The molecule has 0 bridgehead atoms. The van der Waals surface area contributed by atoms with E-state index in [2.05, 4.69) is 41.9 Å². The molecule has 152 valence electrons. The summed E-state index contributed by atoms with van der Waals surface area (Å²) in [6.07, 6.45) is 1.73. The zero-order chi connectivity index (χ0) is 21.6. The number of nitrogens with zero attached hydrogens (tertiary/aromatic N) is 2. The Morgan fingerprint density at radius 2 is 1.50 bits per heavy atom. The summed E-state index contributed by atoms with van der Waals surface area (Å²) in [4.78, 5) is 26.5. The number of carbonyl (C=O) groups is 2. The van der Waals surface area contributed by atoms with Crippen molar-refractivity contribution in [3.8, 4) is 5.69 Å². The largest absolute Gasteiger partial charge is 0.333 e. The van der Waals surface area contributed by atoms with Gasteiger partial charge in [-0.15, -0.1) is 0 Å². The van der Waals surface area contributed by atoms with Gasteiger partial charge >= 0.3 is 6.03 Å². The van der Waals surface area contributed by atoms with Gasteiger partial charge in [0.15, 0.2) is 0 Å². The molecule has 2 heterocycles. The van der Waals surface area contributed by atoms with E-state index in [-0.39, 0.29) is 5.70 Å². The molecule has 30 heavy (non-hydrogen) atoms. The highest BCUT2D eigenvalue weighted by atomic mass is 35.5. The normalized spacial score (nSPS) is 15.2. The van der Waals surface area contributed by atoms with Crippen molar-refractivity contribution in [1.29, 1.82) is 0 Å². The molecular formula is C24H22ClN3O2. The molecule has 1 aromatic heterocycles. The third-order valence-electron chi connectivity index (χ3n) is 5.20. The van der Waals surface area contributed by atoms with Gasteiger partial charge in [-0.2, -0.15) is 0 Å². The first-order valence-corrected chi connectivity index (χ1v) is 10.0. The van der Waals surface area contributed by atoms with Gasteiger partial charge in [0, 0.05) is 22.1 Å². The summed E-state index contributed by atoms with van der Waals surface area (Å²) < 4.78 is 2.16. The van der Waals surface area contributed by atoms with Gasteiger partial charge in [0.25, 0.3) is 5.91 Å². The molecule has 1 fully saturated rings. The Morgan fingerprint density at radius 1 is 0.867 bits per heavy atom. The number of urea groups is 1. The third-order valence-corrected chi connectivity index (χ3v) is 5.45. The lowest BCUT2D eigenvalue weighted by Crippen LogP contribution is -2.30. The lowest BCUT2D eigenvalue weighted by molar-refractivity contribution is -0.113. The fourth-order valence-electron chi connectivity index (χ4n) is 3.93. The molecule has 0 radical (unpaired) electrons. The quantitative estimate of drug-likeness (QED) is 0.452. The average molecular weight is 420 g/mol. The van der Waals surface area contributed by atoms with Crippen LogP contribution in [0.2, 0.25) is 5.02 Å². The molecule has 1 aliphatic rings. The predicted octanol–water partition coefficient (Wildman–Crippen LogP) is 5.46. The number of aryl methyl sites for hydroxylation is 3. The van der Waals surface area contributed by atoms with Gasteiger partial charge in [-0.3, -0.25) is 4.79 Å². The number of nitrogens with one attached hydrogen (secondary N) is 1. The van der Waals surface area contributed by atoms with Crippen LogP contribution in [0, 0.1) is 27.7 Å². The van der Waals surface area contributed by atoms with Crippen molar-refractivity contribution in [3.63, 3.8) is 0 Å². The molecule has 3 aromatic rings. The Bertz CT molecular complexity index is 1190. The van der Waals surface area contributed by atoms with E-state index in [1.165, 1.54) is 11.1 Å². The van der Waals surface area contributed by atoms with Gasteiger partial charge in [0.05, 0.1) is 5.69 Å². The van der Waals surface area contributed by atoms with E-state index in [4.69, 9.17) is 11.6 Å². The second-order valence-electron chi connectivity index (χ2n) is 7.61. The first kappa shape index (κ1) is 20.0. The van der Waals surface area contributed by atoms with Crippen LogP contribution in [0.4, 0.5) is 10.5 Å². The molecule has 5 nitrogen and oxygen atoms in total. The summed E-state index contributed by atoms with van der Waals surface area (Å²) >= 11 is 5.91. The monoisotopic (exact) mass is 419 g/mol. The van der Waals surface area contributed by atoms with Gasteiger partial charge in [-0.1, -0.05) is 17.7 Å². The van der Waals surface area contributed by atoms with Crippen LogP contribution in [-0.4, -0.2) is 16.5 Å². The topological polar surface area (TPSA) is 54.3 Å². The third kappa shape index (κ3) is 3.53. The van der Waals surface area contributed by atoms with Crippen molar-refractivity contribution in [2.24, 2.45) is 0 Å². The van der Waals surface area contributed by atoms with Crippen molar-refractivity contribution in [3.05, 3.63) is 87.3 Å². The summed E-state index contributed by atoms with van der Waals surface area (Å²) in [5, 5.41) is 3.23. The number of benzene rings is 2. The Balaban J connectivity index is 1.71. The number of rotatable bonds is 3. The van der Waals surface area contributed by atoms with Crippen LogP contribution in [0.15, 0.2) is 54.2 Å². The van der Waals surface area contributed by atoms with Crippen LogP contribution in [0.5, 0.6) is 0 Å². The smallest absolute Gasteiger partial charge is 0.318 e. The van der Waals surface area contributed by atoms with Crippen molar-refractivity contribution in [1.82, 2.24) is 9.88 Å². The molecule has 1 N–H and O–H groups in total. The molecule has 0 aliphatic carbocycles. The van der Waals surface area contributed by atoms with Crippen molar-refractivity contribution >= 4 is 35.3 Å². The summed E-state index contributed by atoms with van der Waals surface area (Å²) in [6, 6.07) is 14.5. The zero-order valence-corrected chi connectivity index (χ0v) is 18.0. The molecule has 2 aromatic carbocycles. The highest BCUT2D eigenvalue weighted by Gasteiger charge is 2.35. The maximum Gasteiger partial charge on any atom is 0.333 e. The van der Waals surface area contributed by atoms with E-state index >= 15 is 0 Å². The molecule has 4 rings (SSSR count). The zero-order valence-electron chi connectivity index (χ0n) is 17.3. The maximum absolute atomic E-state index is 12.9. The van der Waals surface area contributed by atoms with Crippen LogP contribution in [0.1, 0.15) is 28.1 Å². The Labute approximate surface area is 180 Å². The number of halogens is 1. The number of amides is 3. The lowest BCUT2D eigenvalue weighted by Gasteiger charge is -2.12. The van der Waals surface area contributed by atoms with E-state index < -0.39 is 11.9 Å². The van der Waals surface area contributed by atoms with Crippen LogP contribution < -0.4 is 10.2 Å². The van der Waals surface area contributed by atoms with Crippen LogP contribution in [-0.2, 0) is 4.79 Å². The summed E-state index contributed by atoms with van der Waals surface area (Å²) in [6.45, 7) is 8.19. The summed E-state index contributed by atoms with van der Waals surface area (Å²) in [5.74, 6) is -0.390. The van der Waals surface area contributed by atoms with Gasteiger partial charge in [0.2, 0.25) is 0 Å². The van der Waals surface area contributed by atoms with E-state index in [9.17, 15) is 9.59 Å². The molecule has 1 aliphatic heterocycles. The molecule has 0 unspecified atom stereocenters. The number of aromatic nitrogens is 1. The average Bonchev–Trinajstić information content (AvgIpc) is 3.10. The van der Waals surface area contributed by atoms with Crippen molar-refractivity contribution in [2.45, 2.75) is 27.7 Å². The van der Waals surface area contributed by atoms with Gasteiger partial charge < -0.3 is 9.88 Å². The van der Waals surface area contributed by atoms with Crippen molar-refractivity contribution in [2.75, 3.05) is 4.90 Å². The molecular weight excluding hydrogens is 398 g/mol. The Morgan fingerprint density at radius 3 is 2.13 bits per heavy atom. The summed E-state index contributed by atoms with van der Waals surface area (Å²) in [7, 11) is 0. The van der Waals surface area contributed by atoms with Gasteiger partial charge in [0.1, 0.15) is 5.70 Å². The molecule has 0 saturated carbocycles. The molecule has 0 spiro atoms. The first-order chi connectivity index (χ1) is 14.2. The Kier molecular flexibility index (Phi) is 5.00. The van der Waals surface area contributed by atoms with Crippen molar-refractivity contribution < 1.29 is 9.59 Å². The minimum atomic E-state index is -0.475. The molecule has 1 saturated heterocycles. The van der Waals surface area contributed by atoms with Crippen LogP contribution >= 0.6 is 11.6 Å². The molecule has 0 atom stereocenters. The number of anilines is 1. The standard InChI is InChI=1S/C24H22ClN3O2/c1-14-9-15(2)11-21(10-14)27-16(3)12-18(17(27)4)13-22-23(29)28(24(30)26-22)20-7-5-19(25)6-8-20/h5-13H,1-4H3,(H,26,30)/b22-13+. The highest BCUT2D eigenvalue weighted by Crippen LogP contribution is 2.27. The fraction of sp³-hybridized carbons (Fsp3) is 0.167. The second-order valence-corrected chi connectivity index (χ2v) is 8.05. The van der Waals surface area contributed by atoms with Crippen LogP contribution in [0.3, 0.4) is 0 Å². The highest BCUT2D eigenvalue weighted by molar-refractivity contribution is 6.31. The van der Waals surface area contributed by atoms with E-state index in [0.29, 0.717) is 10.7 Å². The first-order valence-electron chi connectivity index (χ1n) is 9.65. The number of hydrogen-bond donors (Lipinski definition) is 1. The minimum absolute atomic E-state index is 0.246. The maximum atomic E-state index is 12.9. The summed E-state index contributed by atoms with van der Waals surface area (Å²) in [5.41, 5.74) is 7.11.